The van der Waals surface area contributed by atoms with Crippen LogP contribution in [0.15, 0.2) is 84.9 Å². The lowest BCUT2D eigenvalue weighted by Gasteiger charge is -2.32. The third-order valence-electron chi connectivity index (χ3n) is 7.88. The summed E-state index contributed by atoms with van der Waals surface area (Å²) in [6.07, 6.45) is 3.45. The number of fused-ring (bicyclic) bond motifs is 1. The van der Waals surface area contributed by atoms with Crippen molar-refractivity contribution in [3.63, 3.8) is 0 Å². The average molecular weight is 599 g/mol. The maximum Gasteiger partial charge on any atom is 0.255 e. The number of carbonyl (C=O) groups is 4. The van der Waals surface area contributed by atoms with Crippen molar-refractivity contribution >= 4 is 23.6 Å². The maximum atomic E-state index is 13.8. The van der Waals surface area contributed by atoms with E-state index in [2.05, 4.69) is 10.6 Å². The lowest BCUT2D eigenvalue weighted by molar-refractivity contribution is -0.144. The minimum absolute atomic E-state index is 0.169. The molecule has 1 heterocycles. The quantitative estimate of drug-likeness (QED) is 0.462. The molecule has 0 unspecified atom stereocenters. The summed E-state index contributed by atoms with van der Waals surface area (Å²) in [6.45, 7) is 1.23. The Balaban J connectivity index is 1.62. The van der Waals surface area contributed by atoms with Gasteiger partial charge >= 0.3 is 0 Å². The second kappa shape index (κ2) is 16.3. The zero-order valence-corrected chi connectivity index (χ0v) is 25.5. The van der Waals surface area contributed by atoms with Crippen LogP contribution in [-0.4, -0.2) is 72.8 Å². The van der Waals surface area contributed by atoms with Crippen molar-refractivity contribution in [1.29, 1.82) is 0 Å². The van der Waals surface area contributed by atoms with Crippen molar-refractivity contribution in [1.82, 2.24) is 20.4 Å². The van der Waals surface area contributed by atoms with E-state index in [4.69, 9.17) is 4.74 Å². The van der Waals surface area contributed by atoms with Gasteiger partial charge in [0.1, 0.15) is 17.8 Å². The Labute approximate surface area is 259 Å². The summed E-state index contributed by atoms with van der Waals surface area (Å²) in [4.78, 5) is 57.6. The van der Waals surface area contributed by atoms with Gasteiger partial charge in [0.15, 0.2) is 0 Å². The van der Waals surface area contributed by atoms with Gasteiger partial charge in [-0.1, -0.05) is 85.6 Å². The predicted molar refractivity (Wildman–Crippen MR) is 169 cm³/mol. The maximum absolute atomic E-state index is 13.8. The van der Waals surface area contributed by atoms with Gasteiger partial charge in [-0.05, 0) is 36.1 Å². The fraction of sp³-hybridized carbons (Fsp3) is 0.371. The molecule has 2 N–H and O–H groups in total. The lowest BCUT2D eigenvalue weighted by atomic mass is 10.0. The molecular weight excluding hydrogens is 556 g/mol. The van der Waals surface area contributed by atoms with Crippen LogP contribution in [0.4, 0.5) is 0 Å². The van der Waals surface area contributed by atoms with Gasteiger partial charge in [0.05, 0.1) is 18.6 Å². The van der Waals surface area contributed by atoms with Crippen molar-refractivity contribution in [2.75, 3.05) is 27.2 Å². The van der Waals surface area contributed by atoms with Crippen molar-refractivity contribution in [3.8, 4) is 5.75 Å². The number of amides is 4. The number of para-hydroxylation sites is 1. The van der Waals surface area contributed by atoms with Crippen LogP contribution < -0.4 is 15.4 Å². The number of hydrogen-bond donors (Lipinski definition) is 2. The fourth-order valence-corrected chi connectivity index (χ4v) is 5.20. The van der Waals surface area contributed by atoms with Crippen LogP contribution in [0, 0.1) is 0 Å². The van der Waals surface area contributed by atoms with Gasteiger partial charge in [0.25, 0.3) is 5.91 Å². The Hall–Kier alpha value is -4.66. The van der Waals surface area contributed by atoms with E-state index in [-0.39, 0.29) is 24.4 Å². The number of nitrogens with one attached hydrogen (secondary N) is 2. The Morgan fingerprint density at radius 1 is 0.841 bits per heavy atom. The molecule has 0 saturated heterocycles. The summed E-state index contributed by atoms with van der Waals surface area (Å²) in [5.74, 6) is -1.20. The Morgan fingerprint density at radius 2 is 1.48 bits per heavy atom. The van der Waals surface area contributed by atoms with Crippen molar-refractivity contribution < 1.29 is 23.9 Å². The van der Waals surface area contributed by atoms with E-state index >= 15 is 0 Å². The number of hydrogen-bond acceptors (Lipinski definition) is 5. The monoisotopic (exact) mass is 598 g/mol. The number of carbonyl (C=O) groups excluding carboxylic acids is 4. The van der Waals surface area contributed by atoms with Gasteiger partial charge in [-0.25, -0.2) is 0 Å². The molecular formula is C35H42N4O5. The molecule has 0 fully saturated rings. The highest BCUT2D eigenvalue weighted by molar-refractivity contribution is 6.01. The molecule has 0 bridgehead atoms. The van der Waals surface area contributed by atoms with E-state index in [1.54, 1.807) is 43.3 Å². The van der Waals surface area contributed by atoms with Crippen LogP contribution in [0.1, 0.15) is 53.6 Å². The lowest BCUT2D eigenvalue weighted by Crippen LogP contribution is -2.53. The smallest absolute Gasteiger partial charge is 0.255 e. The minimum Gasteiger partial charge on any atom is -0.493 e. The second-order valence-corrected chi connectivity index (χ2v) is 11.2. The summed E-state index contributed by atoms with van der Waals surface area (Å²) in [5, 5.41) is 5.63. The van der Waals surface area contributed by atoms with Gasteiger partial charge in [0.2, 0.25) is 17.7 Å². The Morgan fingerprint density at radius 3 is 2.20 bits per heavy atom. The highest BCUT2D eigenvalue weighted by atomic mass is 16.5. The van der Waals surface area contributed by atoms with Crippen LogP contribution in [0.5, 0.6) is 5.75 Å². The largest absolute Gasteiger partial charge is 0.493 e. The molecule has 0 aromatic heterocycles. The van der Waals surface area contributed by atoms with E-state index in [1.165, 1.54) is 4.90 Å². The fourth-order valence-electron chi connectivity index (χ4n) is 5.20. The number of benzene rings is 3. The normalized spacial score (nSPS) is 19.2. The molecule has 0 aliphatic carbocycles. The number of ether oxygens (including phenoxy) is 1. The topological polar surface area (TPSA) is 108 Å². The highest BCUT2D eigenvalue weighted by Gasteiger charge is 2.33. The number of likely N-dealkylation sites (N-methyl/N-ethyl adjacent to an activating group) is 2. The van der Waals surface area contributed by atoms with Crippen molar-refractivity contribution in [3.05, 3.63) is 102 Å². The summed E-state index contributed by atoms with van der Waals surface area (Å²) in [6, 6.07) is 23.9. The van der Waals surface area contributed by atoms with Crippen LogP contribution in [0.25, 0.3) is 0 Å². The molecule has 0 spiro atoms. The molecule has 9 nitrogen and oxygen atoms in total. The SMILES string of the molecule is CN1CCCCCCOc2ccccc2C(=O)N[C@H](C(=O)NCc2ccccc2)CC(=O)N(C)[C@@H](Cc2ccccc2)C1=O. The summed E-state index contributed by atoms with van der Waals surface area (Å²) in [5.41, 5.74) is 2.09. The summed E-state index contributed by atoms with van der Waals surface area (Å²) < 4.78 is 5.95. The van der Waals surface area contributed by atoms with Gasteiger partial charge in [-0.15, -0.1) is 0 Å². The van der Waals surface area contributed by atoms with E-state index in [9.17, 15) is 19.2 Å². The first-order valence-corrected chi connectivity index (χ1v) is 15.2. The first kappa shape index (κ1) is 32.3. The van der Waals surface area contributed by atoms with E-state index in [1.807, 2.05) is 60.7 Å². The highest BCUT2D eigenvalue weighted by Crippen LogP contribution is 2.20. The zero-order valence-electron chi connectivity index (χ0n) is 25.5. The summed E-state index contributed by atoms with van der Waals surface area (Å²) >= 11 is 0. The molecule has 0 saturated carbocycles. The van der Waals surface area contributed by atoms with Crippen LogP contribution in [-0.2, 0) is 27.3 Å². The molecule has 232 valence electrons. The average Bonchev–Trinajstić information content (AvgIpc) is 3.05. The molecule has 44 heavy (non-hydrogen) atoms. The minimum atomic E-state index is -1.18. The predicted octanol–water partition coefficient (Wildman–Crippen LogP) is 3.97. The first-order valence-electron chi connectivity index (χ1n) is 15.2. The van der Waals surface area contributed by atoms with E-state index in [0.29, 0.717) is 25.3 Å². The molecule has 9 heteroatoms. The molecule has 3 aromatic carbocycles. The molecule has 1 aliphatic rings. The molecule has 3 aromatic rings. The van der Waals surface area contributed by atoms with Gasteiger partial charge in [-0.2, -0.15) is 0 Å². The second-order valence-electron chi connectivity index (χ2n) is 11.2. The molecule has 0 radical (unpaired) electrons. The van der Waals surface area contributed by atoms with Gasteiger partial charge < -0.3 is 25.2 Å². The first-order chi connectivity index (χ1) is 21.3. The Bertz CT molecular complexity index is 1400. The standard InChI is InChI=1S/C35H42N4O5/c1-38-21-13-3-4-14-22-44-31-20-12-11-19-28(31)33(41)37-29(34(42)36-25-27-17-9-6-10-18-27)24-32(40)39(2)30(35(38)43)23-26-15-7-5-8-16-26/h5-12,15-20,29-30H,3-4,13-14,21-25H2,1-2H3,(H,36,42)(H,37,41)/t29-,30-/m0/s1. The molecule has 1 aliphatic heterocycles. The van der Waals surface area contributed by atoms with Crippen LogP contribution in [0.3, 0.4) is 0 Å². The molecule has 4 rings (SSSR count). The third kappa shape index (κ3) is 9.17. The third-order valence-corrected chi connectivity index (χ3v) is 7.88. The van der Waals surface area contributed by atoms with Crippen LogP contribution >= 0.6 is 0 Å². The van der Waals surface area contributed by atoms with E-state index < -0.39 is 29.8 Å². The Kier molecular flexibility index (Phi) is 11.9. The van der Waals surface area contributed by atoms with Crippen LogP contribution in [0.2, 0.25) is 0 Å². The van der Waals surface area contributed by atoms with Crippen molar-refractivity contribution in [2.24, 2.45) is 0 Å². The zero-order chi connectivity index (χ0) is 31.3. The van der Waals surface area contributed by atoms with Gasteiger partial charge in [-0.3, -0.25) is 19.2 Å². The molecule has 4 amide bonds. The number of rotatable bonds is 5. The number of nitrogens with zero attached hydrogens (tertiary/aromatic N) is 2. The van der Waals surface area contributed by atoms with Crippen molar-refractivity contribution in [2.45, 2.75) is 57.2 Å². The van der Waals surface area contributed by atoms with Gasteiger partial charge in [0, 0.05) is 33.6 Å². The molecule has 2 atom stereocenters. The summed E-state index contributed by atoms with van der Waals surface area (Å²) in [7, 11) is 3.35. The van der Waals surface area contributed by atoms with E-state index in [0.717, 1.165) is 36.8 Å².